The minimum Gasteiger partial charge on any atom is -0.376 e. The molecule has 0 amide bonds. The number of hydrogen-bond acceptors (Lipinski definition) is 4. The van der Waals surface area contributed by atoms with Crippen LogP contribution in [0.4, 0.5) is 0 Å². The van der Waals surface area contributed by atoms with Crippen molar-refractivity contribution in [2.45, 2.75) is 111 Å². The molecule has 0 radical (unpaired) electrons. The summed E-state index contributed by atoms with van der Waals surface area (Å²) in [5.41, 5.74) is 7.59. The molecule has 4 nitrogen and oxygen atoms in total. The fourth-order valence-electron chi connectivity index (χ4n) is 1.96. The Hall–Kier alpha value is -2.32. The Labute approximate surface area is 320 Å². The monoisotopic (exact) mass is 777 g/mol. The van der Waals surface area contributed by atoms with E-state index < -0.39 is 0 Å². The Morgan fingerprint density at radius 1 is 0.511 bits per heavy atom. The Balaban J connectivity index is -0.0000000753. The van der Waals surface area contributed by atoms with Gasteiger partial charge in [-0.1, -0.05) is 148 Å². The van der Waals surface area contributed by atoms with Gasteiger partial charge in [0.05, 0.1) is 0 Å². The molecule has 0 spiro atoms. The Morgan fingerprint density at radius 3 is 0.867 bits per heavy atom. The summed E-state index contributed by atoms with van der Waals surface area (Å²) in [6.07, 6.45) is 2.54. The summed E-state index contributed by atoms with van der Waals surface area (Å²) >= 11 is 0. The van der Waals surface area contributed by atoms with Crippen molar-refractivity contribution in [2.24, 2.45) is 20.4 Å². The molecule has 3 aromatic rings. The zero-order chi connectivity index (χ0) is 35.6. The second-order valence-corrected chi connectivity index (χ2v) is 8.23. The van der Waals surface area contributed by atoms with E-state index in [9.17, 15) is 0 Å². The van der Waals surface area contributed by atoms with Gasteiger partial charge in [0.1, 0.15) is 0 Å². The third-order valence-corrected chi connectivity index (χ3v) is 4.18. The van der Waals surface area contributed by atoms with Crippen LogP contribution in [0.25, 0.3) is 0 Å². The molecule has 0 unspecified atom stereocenters. The molecule has 0 atom stereocenters. The molecule has 0 aliphatic rings. The molecule has 3 rings (SSSR count). The van der Waals surface area contributed by atoms with Crippen LogP contribution in [-0.2, 0) is 0 Å². The van der Waals surface area contributed by atoms with Crippen LogP contribution in [0.3, 0.4) is 0 Å². The maximum atomic E-state index is 3.67. The van der Waals surface area contributed by atoms with Crippen LogP contribution in [0.15, 0.2) is 99.3 Å². The Bertz CT molecular complexity index is 960. The summed E-state index contributed by atoms with van der Waals surface area (Å²) in [7, 11) is 3.28. The van der Waals surface area contributed by atoms with E-state index in [1.807, 2.05) is 87.4 Å². The molecule has 0 aromatic heterocycles. The fourth-order valence-corrected chi connectivity index (χ4v) is 1.96. The molecule has 262 valence electrons. The molecule has 0 saturated carbocycles. The van der Waals surface area contributed by atoms with Crippen molar-refractivity contribution in [3.05, 3.63) is 107 Å². The number of azo groups is 1. The molecule has 5 heteroatoms. The first-order chi connectivity index (χ1) is 21.1. The van der Waals surface area contributed by atoms with Crippen LogP contribution in [0.2, 0.25) is 0 Å². The molecule has 0 aliphatic carbocycles. The van der Waals surface area contributed by atoms with Gasteiger partial charge in [0, 0.05) is 66.7 Å². The Kier molecular flexibility index (Phi) is 70.1. The standard InChI is InChI=1S/2C8H10.C7H8.C5H9N2.C4H6.C2H6N2.3C2H6.Yb/c2*1-7-3-5-8(2)6-4-7;1-7-5-3-2-4-6-7;1-4-6-7-5(2)3;2*1-3-4-2;3*1-2;/h2*3-6H,1-2H3;2-6H,1H3;1-3H3;2*1-2H3;3*1-2H3;/q;;;-1;;;;;;. The van der Waals surface area contributed by atoms with Crippen molar-refractivity contribution in [1.29, 1.82) is 0 Å². The third kappa shape index (κ3) is 65.4. The number of hydrogen-bond donors (Lipinski definition) is 0. The molecular formula is C40H67N4Yb-. The van der Waals surface area contributed by atoms with Gasteiger partial charge >= 0.3 is 0 Å². The molecule has 0 bridgehead atoms. The van der Waals surface area contributed by atoms with E-state index in [2.05, 4.69) is 134 Å². The van der Waals surface area contributed by atoms with Crippen molar-refractivity contribution < 1.29 is 46.9 Å². The molecule has 3 aromatic carbocycles. The minimum atomic E-state index is 0. The fraction of sp³-hybridized carbons (Fsp3) is 0.450. The van der Waals surface area contributed by atoms with Gasteiger partial charge in [-0.05, 0) is 62.3 Å². The summed E-state index contributed by atoms with van der Waals surface area (Å²) in [4.78, 5) is 0. The van der Waals surface area contributed by atoms with Crippen LogP contribution in [0.5, 0.6) is 0 Å². The third-order valence-electron chi connectivity index (χ3n) is 4.18. The van der Waals surface area contributed by atoms with E-state index in [-0.39, 0.29) is 46.9 Å². The van der Waals surface area contributed by atoms with Gasteiger partial charge in [0.15, 0.2) is 0 Å². The largest absolute Gasteiger partial charge is 0.376 e. The molecule has 0 aliphatic heterocycles. The maximum Gasteiger partial charge on any atom is 0.0487 e. The topological polar surface area (TPSA) is 49.4 Å². The van der Waals surface area contributed by atoms with Gasteiger partial charge in [-0.15, -0.1) is 11.8 Å². The van der Waals surface area contributed by atoms with Crippen molar-refractivity contribution >= 4 is 11.9 Å². The minimum absolute atomic E-state index is 0. The summed E-state index contributed by atoms with van der Waals surface area (Å²) in [6.45, 7) is 31.6. The van der Waals surface area contributed by atoms with Crippen LogP contribution in [0, 0.1) is 93.4 Å². The molecule has 0 N–H and O–H groups in total. The van der Waals surface area contributed by atoms with E-state index in [0.29, 0.717) is 0 Å². The van der Waals surface area contributed by atoms with E-state index in [4.69, 9.17) is 0 Å². The molecule has 0 fully saturated rings. The van der Waals surface area contributed by atoms with Crippen LogP contribution < -0.4 is 0 Å². The van der Waals surface area contributed by atoms with Crippen LogP contribution >= 0.6 is 0 Å². The smallest absolute Gasteiger partial charge is 0.0487 e. The van der Waals surface area contributed by atoms with E-state index >= 15 is 0 Å². The number of aryl methyl sites for hydroxylation is 5. The van der Waals surface area contributed by atoms with Gasteiger partial charge in [-0.3, -0.25) is 0 Å². The van der Waals surface area contributed by atoms with E-state index in [0.717, 1.165) is 5.71 Å². The van der Waals surface area contributed by atoms with Crippen molar-refractivity contribution in [3.8, 4) is 11.8 Å². The summed E-state index contributed by atoms with van der Waals surface area (Å²) in [5, 5.41) is 13.9. The first kappa shape index (κ1) is 58.2. The molecule has 45 heavy (non-hydrogen) atoms. The van der Waals surface area contributed by atoms with Crippen molar-refractivity contribution in [1.82, 2.24) is 0 Å². The molecule has 0 heterocycles. The number of benzene rings is 3. The van der Waals surface area contributed by atoms with Gasteiger partial charge in [0.25, 0.3) is 0 Å². The first-order valence-corrected chi connectivity index (χ1v) is 15.5. The van der Waals surface area contributed by atoms with Crippen molar-refractivity contribution in [2.75, 3.05) is 14.1 Å². The predicted octanol–water partition coefficient (Wildman–Crippen LogP) is 12.8. The molecular weight excluding hydrogens is 710 g/mol. The summed E-state index contributed by atoms with van der Waals surface area (Å²) < 4.78 is 0. The zero-order valence-corrected chi connectivity index (χ0v) is 33.8. The summed E-state index contributed by atoms with van der Waals surface area (Å²) in [6, 6.07) is 27.2. The van der Waals surface area contributed by atoms with Gasteiger partial charge in [0.2, 0.25) is 0 Å². The Morgan fingerprint density at radius 2 is 0.756 bits per heavy atom. The first-order valence-electron chi connectivity index (χ1n) is 15.5. The predicted molar refractivity (Wildman–Crippen MR) is 205 cm³/mol. The average molecular weight is 777 g/mol. The van der Waals surface area contributed by atoms with Crippen molar-refractivity contribution in [3.63, 3.8) is 0 Å². The SMILES string of the molecule is CC.CC.CC.CC#CC.CN=NC.C[C-]=NN=C(C)C.Cc1ccc(C)cc1.Cc1ccc(C)cc1.Cc1ccccc1.[Yb]. The number of rotatable bonds is 1. The van der Waals surface area contributed by atoms with Gasteiger partial charge in [-0.25, -0.2) is 0 Å². The van der Waals surface area contributed by atoms with Crippen LogP contribution in [0.1, 0.15) is 104 Å². The maximum absolute atomic E-state index is 3.67. The zero-order valence-electron chi connectivity index (χ0n) is 32.1. The quantitative estimate of drug-likeness (QED) is 0.0777. The second kappa shape index (κ2) is 54.2. The number of nitrogens with zero attached hydrogens (tertiary/aromatic N) is 4. The van der Waals surface area contributed by atoms with Gasteiger partial charge in [-0.2, -0.15) is 22.3 Å². The average Bonchev–Trinajstić information content (AvgIpc) is 3.07. The van der Waals surface area contributed by atoms with Crippen LogP contribution in [-0.4, -0.2) is 26.0 Å². The molecule has 0 saturated heterocycles. The normalized spacial score (nSPS) is 7.69. The summed E-state index contributed by atoms with van der Waals surface area (Å²) in [5.74, 6) is 5.36. The van der Waals surface area contributed by atoms with E-state index in [1.165, 1.54) is 27.8 Å². The van der Waals surface area contributed by atoms with E-state index in [1.54, 1.807) is 21.0 Å². The van der Waals surface area contributed by atoms with Gasteiger partial charge < -0.3 is 11.3 Å². The second-order valence-electron chi connectivity index (χ2n) is 8.23.